The van der Waals surface area contributed by atoms with Crippen LogP contribution in [0.2, 0.25) is 0 Å². The number of carbonyl (C=O) groups is 1. The van der Waals surface area contributed by atoms with Crippen molar-refractivity contribution in [1.29, 1.82) is 0 Å². The molecule has 2 aromatic heterocycles. The van der Waals surface area contributed by atoms with Gasteiger partial charge in [-0.25, -0.2) is 0 Å². The standard InChI is InChI=1S/C12H15Br2N5O/c1-2-18-8-10(14)11(17-18)6-15-12(20)3-4-19-7-9(13)5-16-19/h5,7-8H,2-4,6H2,1H3,(H,15,20). The first-order chi connectivity index (χ1) is 9.58. The molecule has 8 heteroatoms. The number of carbonyl (C=O) groups excluding carboxylic acids is 1. The molecule has 6 nitrogen and oxygen atoms in total. The van der Waals surface area contributed by atoms with E-state index < -0.39 is 0 Å². The summed E-state index contributed by atoms with van der Waals surface area (Å²) in [5, 5.41) is 11.3. The van der Waals surface area contributed by atoms with Crippen LogP contribution in [0.1, 0.15) is 19.0 Å². The summed E-state index contributed by atoms with van der Waals surface area (Å²) in [6, 6.07) is 0. The molecule has 108 valence electrons. The molecule has 1 amide bonds. The van der Waals surface area contributed by atoms with Crippen LogP contribution in [0.25, 0.3) is 0 Å². The molecule has 0 aliphatic rings. The molecule has 0 unspecified atom stereocenters. The van der Waals surface area contributed by atoms with E-state index in [9.17, 15) is 4.79 Å². The number of aryl methyl sites for hydroxylation is 2. The molecule has 1 N–H and O–H groups in total. The van der Waals surface area contributed by atoms with Crippen molar-refractivity contribution in [3.8, 4) is 0 Å². The largest absolute Gasteiger partial charge is 0.350 e. The van der Waals surface area contributed by atoms with Crippen molar-refractivity contribution in [3.63, 3.8) is 0 Å². The minimum Gasteiger partial charge on any atom is -0.350 e. The Kier molecular flexibility index (Phi) is 5.36. The van der Waals surface area contributed by atoms with Gasteiger partial charge in [-0.3, -0.25) is 14.2 Å². The second-order valence-electron chi connectivity index (χ2n) is 4.23. The minimum atomic E-state index is -0.0189. The lowest BCUT2D eigenvalue weighted by molar-refractivity contribution is -0.121. The van der Waals surface area contributed by atoms with Crippen LogP contribution < -0.4 is 5.32 Å². The third kappa shape index (κ3) is 4.17. The number of nitrogens with one attached hydrogen (secondary N) is 1. The van der Waals surface area contributed by atoms with Gasteiger partial charge in [0.05, 0.1) is 27.4 Å². The van der Waals surface area contributed by atoms with Crippen molar-refractivity contribution in [2.45, 2.75) is 33.0 Å². The van der Waals surface area contributed by atoms with Crippen LogP contribution in [0.5, 0.6) is 0 Å². The number of aromatic nitrogens is 4. The molecule has 0 aliphatic carbocycles. The number of rotatable bonds is 6. The van der Waals surface area contributed by atoms with E-state index in [1.807, 2.05) is 24.0 Å². The van der Waals surface area contributed by atoms with E-state index in [0.29, 0.717) is 19.5 Å². The van der Waals surface area contributed by atoms with E-state index in [2.05, 4.69) is 47.4 Å². The van der Waals surface area contributed by atoms with Gasteiger partial charge in [-0.15, -0.1) is 0 Å². The first kappa shape index (κ1) is 15.2. The maximum atomic E-state index is 11.8. The Morgan fingerprint density at radius 1 is 1.35 bits per heavy atom. The SMILES string of the molecule is CCn1cc(Br)c(CNC(=O)CCn2cc(Br)cn2)n1. The van der Waals surface area contributed by atoms with Crippen molar-refractivity contribution in [2.24, 2.45) is 0 Å². The highest BCUT2D eigenvalue weighted by Gasteiger charge is 2.08. The summed E-state index contributed by atoms with van der Waals surface area (Å²) < 4.78 is 5.38. The molecule has 2 rings (SSSR count). The van der Waals surface area contributed by atoms with Crippen LogP contribution in [0, 0.1) is 0 Å². The molecule has 0 spiro atoms. The Balaban J connectivity index is 1.78. The Morgan fingerprint density at radius 2 is 2.15 bits per heavy atom. The van der Waals surface area contributed by atoms with Crippen LogP contribution in [-0.4, -0.2) is 25.5 Å². The smallest absolute Gasteiger partial charge is 0.222 e. The second kappa shape index (κ2) is 7.03. The average Bonchev–Trinajstić information content (AvgIpc) is 3.00. The van der Waals surface area contributed by atoms with Crippen LogP contribution in [0.15, 0.2) is 27.5 Å². The van der Waals surface area contributed by atoms with Gasteiger partial charge in [0.2, 0.25) is 5.91 Å². The van der Waals surface area contributed by atoms with E-state index in [-0.39, 0.29) is 5.91 Å². The van der Waals surface area contributed by atoms with Gasteiger partial charge in [0, 0.05) is 31.9 Å². The summed E-state index contributed by atoms with van der Waals surface area (Å²) in [5.74, 6) is -0.0189. The quantitative estimate of drug-likeness (QED) is 0.803. The molecule has 0 fully saturated rings. The number of hydrogen-bond acceptors (Lipinski definition) is 3. The monoisotopic (exact) mass is 403 g/mol. The zero-order valence-electron chi connectivity index (χ0n) is 11.0. The molecule has 2 aromatic rings. The lowest BCUT2D eigenvalue weighted by Crippen LogP contribution is -2.24. The molecule has 0 aliphatic heterocycles. The van der Waals surface area contributed by atoms with Crippen molar-refractivity contribution in [2.75, 3.05) is 0 Å². The van der Waals surface area contributed by atoms with Crippen molar-refractivity contribution in [3.05, 3.63) is 33.2 Å². The number of hydrogen-bond donors (Lipinski definition) is 1. The zero-order chi connectivity index (χ0) is 14.5. The number of nitrogens with zero attached hydrogens (tertiary/aromatic N) is 4. The lowest BCUT2D eigenvalue weighted by atomic mass is 10.3. The van der Waals surface area contributed by atoms with Crippen molar-refractivity contribution < 1.29 is 4.79 Å². The molecular formula is C12H15Br2N5O. The molecule has 0 radical (unpaired) electrons. The van der Waals surface area contributed by atoms with E-state index >= 15 is 0 Å². The molecule has 0 bridgehead atoms. The molecule has 0 atom stereocenters. The summed E-state index contributed by atoms with van der Waals surface area (Å²) in [5.41, 5.74) is 0.835. The summed E-state index contributed by atoms with van der Waals surface area (Å²) in [6.45, 7) is 3.81. The molecule has 0 saturated heterocycles. The fraction of sp³-hybridized carbons (Fsp3) is 0.417. The highest BCUT2D eigenvalue weighted by atomic mass is 79.9. The second-order valence-corrected chi connectivity index (χ2v) is 6.00. The van der Waals surface area contributed by atoms with Crippen molar-refractivity contribution in [1.82, 2.24) is 24.9 Å². The average molecular weight is 405 g/mol. The third-order valence-electron chi connectivity index (χ3n) is 2.73. The molecule has 20 heavy (non-hydrogen) atoms. The molecule has 2 heterocycles. The maximum absolute atomic E-state index is 11.8. The number of halogens is 2. The Labute approximate surface area is 133 Å². The predicted molar refractivity (Wildman–Crippen MR) is 82.0 cm³/mol. The summed E-state index contributed by atoms with van der Waals surface area (Å²) in [7, 11) is 0. The van der Waals surface area contributed by atoms with Gasteiger partial charge in [0.15, 0.2) is 0 Å². The van der Waals surface area contributed by atoms with Gasteiger partial charge in [-0.05, 0) is 38.8 Å². The van der Waals surface area contributed by atoms with Gasteiger partial charge < -0.3 is 5.32 Å². The van der Waals surface area contributed by atoms with Crippen LogP contribution in [0.4, 0.5) is 0 Å². The molecule has 0 saturated carbocycles. The van der Waals surface area contributed by atoms with Crippen molar-refractivity contribution >= 4 is 37.8 Å². The number of amides is 1. The predicted octanol–water partition coefficient (Wildman–Crippen LogP) is 2.33. The van der Waals surface area contributed by atoms with Gasteiger partial charge in [0.25, 0.3) is 0 Å². The maximum Gasteiger partial charge on any atom is 0.222 e. The van der Waals surface area contributed by atoms with Gasteiger partial charge >= 0.3 is 0 Å². The Hall–Kier alpha value is -1.15. The summed E-state index contributed by atoms with van der Waals surface area (Å²) in [6.07, 6.45) is 5.84. The highest BCUT2D eigenvalue weighted by Crippen LogP contribution is 2.14. The fourth-order valence-electron chi connectivity index (χ4n) is 1.67. The highest BCUT2D eigenvalue weighted by molar-refractivity contribution is 9.10. The first-order valence-electron chi connectivity index (χ1n) is 6.25. The normalized spacial score (nSPS) is 10.8. The Morgan fingerprint density at radius 3 is 2.75 bits per heavy atom. The van der Waals surface area contributed by atoms with Crippen LogP contribution >= 0.6 is 31.9 Å². The lowest BCUT2D eigenvalue weighted by Gasteiger charge is -2.04. The zero-order valence-corrected chi connectivity index (χ0v) is 14.2. The van der Waals surface area contributed by atoms with Crippen LogP contribution in [-0.2, 0) is 24.4 Å². The van der Waals surface area contributed by atoms with E-state index in [0.717, 1.165) is 21.2 Å². The minimum absolute atomic E-state index is 0.0189. The van der Waals surface area contributed by atoms with E-state index in [4.69, 9.17) is 0 Å². The fourth-order valence-corrected chi connectivity index (χ4v) is 2.45. The van der Waals surface area contributed by atoms with Gasteiger partial charge in [-0.2, -0.15) is 10.2 Å². The third-order valence-corrected chi connectivity index (χ3v) is 3.81. The van der Waals surface area contributed by atoms with Gasteiger partial charge in [-0.1, -0.05) is 0 Å². The Bertz CT molecular complexity index is 592. The summed E-state index contributed by atoms with van der Waals surface area (Å²) >= 11 is 6.75. The topological polar surface area (TPSA) is 64.7 Å². The van der Waals surface area contributed by atoms with E-state index in [1.54, 1.807) is 10.9 Å². The van der Waals surface area contributed by atoms with Gasteiger partial charge in [0.1, 0.15) is 0 Å². The first-order valence-corrected chi connectivity index (χ1v) is 7.83. The summed E-state index contributed by atoms with van der Waals surface area (Å²) in [4.78, 5) is 11.8. The molecular weight excluding hydrogens is 390 g/mol. The van der Waals surface area contributed by atoms with E-state index in [1.165, 1.54) is 0 Å². The molecule has 0 aromatic carbocycles. The van der Waals surface area contributed by atoms with Crippen LogP contribution in [0.3, 0.4) is 0 Å².